The molecule has 1 fully saturated rings. The molecule has 1 aromatic heterocycles. The van der Waals surface area contributed by atoms with E-state index >= 15 is 0 Å². The maximum atomic E-state index is 12.3. The highest BCUT2D eigenvalue weighted by molar-refractivity contribution is 6.30. The average Bonchev–Trinajstić information content (AvgIpc) is 2.77. The van der Waals surface area contributed by atoms with Gasteiger partial charge in [-0.05, 0) is 68.3 Å². The fraction of sp³-hybridized carbons (Fsp3) is 0.304. The Morgan fingerprint density at radius 2 is 1.97 bits per heavy atom. The number of benzene rings is 2. The van der Waals surface area contributed by atoms with Crippen molar-refractivity contribution in [2.24, 2.45) is 0 Å². The van der Waals surface area contributed by atoms with E-state index in [-0.39, 0.29) is 5.69 Å². The molecule has 1 aliphatic rings. The summed E-state index contributed by atoms with van der Waals surface area (Å²) in [5.74, 6) is 0.646. The maximum absolute atomic E-state index is 12.3. The number of amides is 2. The molecule has 162 valence electrons. The van der Waals surface area contributed by atoms with E-state index in [1.54, 1.807) is 42.5 Å². The van der Waals surface area contributed by atoms with Gasteiger partial charge in [0.15, 0.2) is 0 Å². The fourth-order valence-corrected chi connectivity index (χ4v) is 3.70. The molecule has 1 aliphatic heterocycles. The van der Waals surface area contributed by atoms with Crippen LogP contribution in [0.4, 0.5) is 16.2 Å². The molecule has 3 aromatic rings. The first kappa shape index (κ1) is 21.2. The Bertz CT molecular complexity index is 1110. The highest BCUT2D eigenvalue weighted by Gasteiger charge is 2.13. The van der Waals surface area contributed by atoms with Crippen LogP contribution in [0.2, 0.25) is 5.02 Å². The smallest absolute Gasteiger partial charge is 0.360 e. The number of fused-ring (bicyclic) bond motifs is 1. The van der Waals surface area contributed by atoms with Gasteiger partial charge < -0.3 is 25.1 Å². The number of urea groups is 1. The maximum Gasteiger partial charge on any atom is 0.360 e. The zero-order valence-electron chi connectivity index (χ0n) is 16.9. The van der Waals surface area contributed by atoms with Crippen LogP contribution < -0.4 is 26.3 Å². The molecule has 1 unspecified atom stereocenters. The summed E-state index contributed by atoms with van der Waals surface area (Å²) < 4.78 is 11.2. The highest BCUT2D eigenvalue weighted by Crippen LogP contribution is 2.22. The van der Waals surface area contributed by atoms with Gasteiger partial charge >= 0.3 is 11.7 Å². The lowest BCUT2D eigenvalue weighted by molar-refractivity contribution is 0.262. The molecule has 2 heterocycles. The molecule has 4 rings (SSSR count). The molecule has 0 bridgehead atoms. The molecule has 8 heteroatoms. The first-order valence-electron chi connectivity index (χ1n) is 10.3. The van der Waals surface area contributed by atoms with E-state index in [1.165, 1.54) is 19.3 Å². The molecule has 1 saturated heterocycles. The summed E-state index contributed by atoms with van der Waals surface area (Å²) in [4.78, 5) is 24.5. The lowest BCUT2D eigenvalue weighted by Gasteiger charge is -2.23. The topological polar surface area (TPSA) is 92.6 Å². The first-order chi connectivity index (χ1) is 15.1. The standard InChI is InChI=1S/C23H24ClN3O4/c24-16-5-7-18(8-6-16)26-23(29)27-20-13-15-4-9-19(14-21(15)31-22(20)28)30-12-10-17-3-1-2-11-25-17/h4-9,13-14,17,25H,1-3,10-12H2,(H2,26,27,29). The van der Waals surface area contributed by atoms with Crippen LogP contribution in [-0.2, 0) is 0 Å². The second kappa shape index (κ2) is 9.85. The average molecular weight is 442 g/mol. The van der Waals surface area contributed by atoms with E-state index in [0.29, 0.717) is 40.1 Å². The summed E-state index contributed by atoms with van der Waals surface area (Å²) >= 11 is 5.84. The largest absolute Gasteiger partial charge is 0.493 e. The van der Waals surface area contributed by atoms with Crippen molar-refractivity contribution in [1.82, 2.24) is 5.32 Å². The van der Waals surface area contributed by atoms with Crippen molar-refractivity contribution in [3.05, 3.63) is 64.0 Å². The van der Waals surface area contributed by atoms with Crippen LogP contribution in [0.25, 0.3) is 11.0 Å². The van der Waals surface area contributed by atoms with Crippen LogP contribution in [0, 0.1) is 0 Å². The SMILES string of the molecule is O=C(Nc1ccc(Cl)cc1)Nc1cc2ccc(OCCC3CCCCN3)cc2oc1=O. The number of anilines is 2. The van der Waals surface area contributed by atoms with Gasteiger partial charge in [-0.1, -0.05) is 18.0 Å². The van der Waals surface area contributed by atoms with Gasteiger partial charge in [0, 0.05) is 28.2 Å². The third-order valence-electron chi connectivity index (χ3n) is 5.21. The fourth-order valence-electron chi connectivity index (χ4n) is 3.58. The third-order valence-corrected chi connectivity index (χ3v) is 5.46. The minimum Gasteiger partial charge on any atom is -0.493 e. The van der Waals surface area contributed by atoms with Gasteiger partial charge in [-0.2, -0.15) is 0 Å². The monoisotopic (exact) mass is 441 g/mol. The summed E-state index contributed by atoms with van der Waals surface area (Å²) in [6.07, 6.45) is 4.61. The Kier molecular flexibility index (Phi) is 6.74. The van der Waals surface area contributed by atoms with Crippen molar-refractivity contribution < 1.29 is 13.9 Å². The minimum absolute atomic E-state index is 0.0519. The zero-order chi connectivity index (χ0) is 21.6. The number of hydrogen-bond donors (Lipinski definition) is 3. The van der Waals surface area contributed by atoms with Gasteiger partial charge in [0.05, 0.1) is 6.61 Å². The first-order valence-corrected chi connectivity index (χ1v) is 10.7. The lowest BCUT2D eigenvalue weighted by Crippen LogP contribution is -2.35. The van der Waals surface area contributed by atoms with Crippen LogP contribution >= 0.6 is 11.6 Å². The van der Waals surface area contributed by atoms with E-state index in [2.05, 4.69) is 16.0 Å². The molecule has 2 amide bonds. The van der Waals surface area contributed by atoms with Crippen LogP contribution in [0.3, 0.4) is 0 Å². The van der Waals surface area contributed by atoms with E-state index in [4.69, 9.17) is 20.8 Å². The predicted octanol–water partition coefficient (Wildman–Crippen LogP) is 5.00. The number of carbonyl (C=O) groups excluding carboxylic acids is 1. The second-order valence-corrected chi connectivity index (χ2v) is 7.95. The van der Waals surface area contributed by atoms with Crippen molar-refractivity contribution in [2.75, 3.05) is 23.8 Å². The van der Waals surface area contributed by atoms with E-state index < -0.39 is 11.7 Å². The number of piperidine rings is 1. The number of carbonyl (C=O) groups is 1. The van der Waals surface area contributed by atoms with Gasteiger partial charge in [-0.25, -0.2) is 9.59 Å². The molecule has 0 spiro atoms. The summed E-state index contributed by atoms with van der Waals surface area (Å²) in [7, 11) is 0. The van der Waals surface area contributed by atoms with Gasteiger partial charge in [0.2, 0.25) is 0 Å². The molecule has 3 N–H and O–H groups in total. The number of nitrogens with one attached hydrogen (secondary N) is 3. The Morgan fingerprint density at radius 1 is 1.13 bits per heavy atom. The van der Waals surface area contributed by atoms with Crippen molar-refractivity contribution in [3.63, 3.8) is 0 Å². The van der Waals surface area contributed by atoms with Crippen molar-refractivity contribution in [2.45, 2.75) is 31.7 Å². The quantitative estimate of drug-likeness (QED) is 0.468. The predicted molar refractivity (Wildman–Crippen MR) is 122 cm³/mol. The molecule has 0 aliphatic carbocycles. The normalized spacial score (nSPS) is 16.1. The summed E-state index contributed by atoms with van der Waals surface area (Å²) in [6.45, 7) is 1.66. The molecule has 0 radical (unpaired) electrons. The second-order valence-electron chi connectivity index (χ2n) is 7.52. The van der Waals surface area contributed by atoms with E-state index in [9.17, 15) is 9.59 Å². The van der Waals surface area contributed by atoms with Gasteiger partial charge in [-0.15, -0.1) is 0 Å². The Balaban J connectivity index is 1.38. The highest BCUT2D eigenvalue weighted by atomic mass is 35.5. The molecule has 0 saturated carbocycles. The Labute approximate surface area is 184 Å². The van der Waals surface area contributed by atoms with Gasteiger partial charge in [-0.3, -0.25) is 0 Å². The summed E-state index contributed by atoms with van der Waals surface area (Å²) in [5.41, 5.74) is 0.373. The molecular weight excluding hydrogens is 418 g/mol. The van der Waals surface area contributed by atoms with Gasteiger partial charge in [0.25, 0.3) is 0 Å². The number of rotatable bonds is 6. The van der Waals surface area contributed by atoms with E-state index in [0.717, 1.165) is 13.0 Å². The van der Waals surface area contributed by atoms with Crippen LogP contribution in [-0.4, -0.2) is 25.2 Å². The number of hydrogen-bond acceptors (Lipinski definition) is 5. The van der Waals surface area contributed by atoms with Crippen molar-refractivity contribution in [1.29, 1.82) is 0 Å². The molecule has 2 aromatic carbocycles. The van der Waals surface area contributed by atoms with Crippen molar-refractivity contribution >= 4 is 40.0 Å². The molecule has 7 nitrogen and oxygen atoms in total. The molecule has 1 atom stereocenters. The van der Waals surface area contributed by atoms with Crippen molar-refractivity contribution in [3.8, 4) is 5.75 Å². The third kappa shape index (κ3) is 5.77. The summed E-state index contributed by atoms with van der Waals surface area (Å²) in [6, 6.07) is 13.5. The van der Waals surface area contributed by atoms with Crippen LogP contribution in [0.5, 0.6) is 5.75 Å². The summed E-state index contributed by atoms with van der Waals surface area (Å²) in [5, 5.41) is 9.91. The lowest BCUT2D eigenvalue weighted by atomic mass is 10.0. The Hall–Kier alpha value is -3.03. The number of halogens is 1. The minimum atomic E-state index is -0.637. The van der Waals surface area contributed by atoms with E-state index in [1.807, 2.05) is 6.07 Å². The Morgan fingerprint density at radius 3 is 2.74 bits per heavy atom. The van der Waals surface area contributed by atoms with Gasteiger partial charge in [0.1, 0.15) is 17.0 Å². The zero-order valence-corrected chi connectivity index (χ0v) is 17.7. The number of ether oxygens (including phenoxy) is 1. The van der Waals surface area contributed by atoms with Crippen LogP contribution in [0.1, 0.15) is 25.7 Å². The molecule has 31 heavy (non-hydrogen) atoms. The van der Waals surface area contributed by atoms with Crippen LogP contribution in [0.15, 0.2) is 57.7 Å². The molecular formula is C23H24ClN3O4.